The third-order valence-corrected chi connectivity index (χ3v) is 5.81. The van der Waals surface area contributed by atoms with Crippen LogP contribution in [0.25, 0.3) is 0 Å². The topological polar surface area (TPSA) is 42.2 Å². The predicted molar refractivity (Wildman–Crippen MR) is 72.3 cm³/mol. The zero-order valence-electron chi connectivity index (χ0n) is 11.4. The second-order valence-electron chi connectivity index (χ2n) is 7.21. The van der Waals surface area contributed by atoms with Crippen LogP contribution in [0.4, 0.5) is 0 Å². The maximum atomic E-state index is 11.2. The maximum absolute atomic E-state index is 11.2. The quantitative estimate of drug-likeness (QED) is 0.884. The molecule has 5 rings (SSSR count). The molecule has 0 amide bonds. The molecule has 19 heavy (non-hydrogen) atoms. The van der Waals surface area contributed by atoms with Gasteiger partial charge in [-0.3, -0.25) is 0 Å². The molecule has 4 fully saturated rings. The Balaban J connectivity index is 1.75. The molecule has 3 nitrogen and oxygen atoms in total. The summed E-state index contributed by atoms with van der Waals surface area (Å²) >= 11 is 0. The number of aromatic nitrogens is 1. The van der Waals surface area contributed by atoms with E-state index in [1.54, 1.807) is 0 Å². The summed E-state index contributed by atoms with van der Waals surface area (Å²) in [6.07, 6.45) is 12.0. The van der Waals surface area contributed by atoms with E-state index in [2.05, 4.69) is 10.8 Å². The second kappa shape index (κ2) is 3.65. The lowest BCUT2D eigenvalue weighted by atomic mass is 9.53. The molecule has 102 valence electrons. The first-order chi connectivity index (χ1) is 9.06. The van der Waals surface area contributed by atoms with Gasteiger partial charge < -0.3 is 9.67 Å². The molecule has 1 aromatic heterocycles. The Morgan fingerprint density at radius 1 is 1.16 bits per heavy atom. The van der Waals surface area contributed by atoms with Gasteiger partial charge in [-0.25, -0.2) is 4.79 Å². The maximum Gasteiger partial charge on any atom is 0.337 e. The van der Waals surface area contributed by atoms with Gasteiger partial charge >= 0.3 is 5.97 Å². The highest BCUT2D eigenvalue weighted by Gasteiger charge is 2.51. The van der Waals surface area contributed by atoms with E-state index < -0.39 is 5.97 Å². The second-order valence-corrected chi connectivity index (χ2v) is 7.21. The molecular weight excluding hydrogens is 238 g/mol. The Bertz CT molecular complexity index is 508. The van der Waals surface area contributed by atoms with Crippen LogP contribution in [-0.2, 0) is 5.54 Å². The minimum Gasteiger partial charge on any atom is -0.478 e. The molecule has 1 N–H and O–H groups in total. The van der Waals surface area contributed by atoms with Crippen molar-refractivity contribution in [1.82, 2.24) is 4.57 Å². The summed E-state index contributed by atoms with van der Waals surface area (Å²) in [4.78, 5) is 11.2. The summed E-state index contributed by atoms with van der Waals surface area (Å²) in [6.45, 7) is 1.92. The van der Waals surface area contributed by atoms with Crippen molar-refractivity contribution in [2.24, 2.45) is 17.8 Å². The first-order valence-electron chi connectivity index (χ1n) is 7.48. The Labute approximate surface area is 113 Å². The van der Waals surface area contributed by atoms with Crippen molar-refractivity contribution in [3.63, 3.8) is 0 Å². The highest BCUT2D eigenvalue weighted by atomic mass is 16.4. The average Bonchev–Trinajstić information content (AvgIpc) is 2.70. The molecule has 4 aliphatic rings. The zero-order valence-corrected chi connectivity index (χ0v) is 11.4. The van der Waals surface area contributed by atoms with Crippen LogP contribution in [0, 0.1) is 24.7 Å². The summed E-state index contributed by atoms with van der Waals surface area (Å²) in [5.41, 5.74) is 1.63. The smallest absolute Gasteiger partial charge is 0.337 e. The van der Waals surface area contributed by atoms with E-state index >= 15 is 0 Å². The molecule has 0 unspecified atom stereocenters. The summed E-state index contributed by atoms with van der Waals surface area (Å²) in [7, 11) is 0. The number of nitrogens with zero attached hydrogens (tertiary/aromatic N) is 1. The third-order valence-electron chi connectivity index (χ3n) is 5.81. The molecule has 3 heteroatoms. The van der Waals surface area contributed by atoms with E-state index in [0.29, 0.717) is 5.56 Å². The first-order valence-corrected chi connectivity index (χ1v) is 7.48. The fourth-order valence-electron chi connectivity index (χ4n) is 5.44. The molecule has 0 spiro atoms. The van der Waals surface area contributed by atoms with Gasteiger partial charge in [-0.2, -0.15) is 0 Å². The fourth-order valence-corrected chi connectivity index (χ4v) is 5.44. The van der Waals surface area contributed by atoms with Crippen molar-refractivity contribution in [2.75, 3.05) is 0 Å². The minimum absolute atomic E-state index is 0.243. The van der Waals surface area contributed by atoms with Crippen LogP contribution in [0.3, 0.4) is 0 Å². The zero-order chi connectivity index (χ0) is 13.2. The molecule has 1 heterocycles. The normalized spacial score (nSPS) is 39.7. The van der Waals surface area contributed by atoms with E-state index in [0.717, 1.165) is 23.3 Å². The molecule has 4 saturated carbocycles. The Kier molecular flexibility index (Phi) is 2.22. The predicted octanol–water partition coefficient (Wildman–Crippen LogP) is 3.42. The largest absolute Gasteiger partial charge is 0.478 e. The molecule has 0 atom stereocenters. The summed E-state index contributed by atoms with van der Waals surface area (Å²) in [5, 5.41) is 9.25. The van der Waals surface area contributed by atoms with Gasteiger partial charge in [0.15, 0.2) is 0 Å². The van der Waals surface area contributed by atoms with Crippen LogP contribution in [0.1, 0.15) is 54.4 Å². The SMILES string of the molecule is Cc1cn(C23CC4CC(CC(C4)C2)C3)cc1C(=O)O. The molecule has 4 aliphatic carbocycles. The van der Waals surface area contributed by atoms with Crippen LogP contribution in [0.5, 0.6) is 0 Å². The number of carbonyl (C=O) groups is 1. The highest BCUT2D eigenvalue weighted by Crippen LogP contribution is 2.58. The van der Waals surface area contributed by atoms with Gasteiger partial charge in [0.25, 0.3) is 0 Å². The molecule has 4 bridgehead atoms. The van der Waals surface area contributed by atoms with Crippen molar-refractivity contribution in [1.29, 1.82) is 0 Å². The number of carboxylic acid groups (broad SMARTS) is 1. The lowest BCUT2D eigenvalue weighted by molar-refractivity contribution is -0.0429. The number of aryl methyl sites for hydroxylation is 1. The monoisotopic (exact) mass is 259 g/mol. The van der Waals surface area contributed by atoms with Crippen LogP contribution >= 0.6 is 0 Å². The van der Waals surface area contributed by atoms with Crippen molar-refractivity contribution in [2.45, 2.75) is 51.0 Å². The van der Waals surface area contributed by atoms with Crippen molar-refractivity contribution < 1.29 is 9.90 Å². The van der Waals surface area contributed by atoms with Crippen molar-refractivity contribution in [3.05, 3.63) is 23.5 Å². The van der Waals surface area contributed by atoms with Crippen LogP contribution in [-0.4, -0.2) is 15.6 Å². The Morgan fingerprint density at radius 2 is 1.68 bits per heavy atom. The van der Waals surface area contributed by atoms with Crippen molar-refractivity contribution >= 4 is 5.97 Å². The van der Waals surface area contributed by atoms with E-state index in [4.69, 9.17) is 0 Å². The minimum atomic E-state index is -0.791. The Morgan fingerprint density at radius 3 is 2.11 bits per heavy atom. The van der Waals surface area contributed by atoms with E-state index in [-0.39, 0.29) is 5.54 Å². The fraction of sp³-hybridized carbons (Fsp3) is 0.688. The number of hydrogen-bond acceptors (Lipinski definition) is 1. The summed E-state index contributed by atoms with van der Waals surface area (Å²) in [6, 6.07) is 0. The lowest BCUT2D eigenvalue weighted by Crippen LogP contribution is -2.51. The van der Waals surface area contributed by atoms with Gasteiger partial charge in [-0.15, -0.1) is 0 Å². The van der Waals surface area contributed by atoms with Gasteiger partial charge in [0.2, 0.25) is 0 Å². The number of carboxylic acids is 1. The van der Waals surface area contributed by atoms with Crippen LogP contribution < -0.4 is 0 Å². The van der Waals surface area contributed by atoms with E-state index in [1.807, 2.05) is 13.1 Å². The van der Waals surface area contributed by atoms with Crippen LogP contribution in [0.2, 0.25) is 0 Å². The molecule has 0 saturated heterocycles. The molecular formula is C16H21NO2. The van der Waals surface area contributed by atoms with Gasteiger partial charge in [-0.1, -0.05) is 0 Å². The summed E-state index contributed by atoms with van der Waals surface area (Å²) in [5.74, 6) is 1.88. The number of aromatic carboxylic acids is 1. The van der Waals surface area contributed by atoms with Crippen molar-refractivity contribution in [3.8, 4) is 0 Å². The van der Waals surface area contributed by atoms with Gasteiger partial charge in [-0.05, 0) is 68.8 Å². The van der Waals surface area contributed by atoms with E-state index in [9.17, 15) is 9.90 Å². The first kappa shape index (κ1) is 11.6. The average molecular weight is 259 g/mol. The standard InChI is InChI=1S/C16H21NO2/c1-10-8-17(9-14(10)15(18)19)16-5-11-2-12(6-16)4-13(3-11)7-16/h8-9,11-13H,2-7H2,1H3,(H,18,19). The van der Waals surface area contributed by atoms with Gasteiger partial charge in [0, 0.05) is 17.9 Å². The molecule has 0 radical (unpaired) electrons. The summed E-state index contributed by atoms with van der Waals surface area (Å²) < 4.78 is 2.27. The van der Waals surface area contributed by atoms with Gasteiger partial charge in [0.05, 0.1) is 5.56 Å². The Hall–Kier alpha value is -1.25. The number of hydrogen-bond donors (Lipinski definition) is 1. The molecule has 0 aliphatic heterocycles. The van der Waals surface area contributed by atoms with Gasteiger partial charge in [0.1, 0.15) is 0 Å². The third kappa shape index (κ3) is 1.60. The highest BCUT2D eigenvalue weighted by molar-refractivity contribution is 5.89. The molecule has 0 aromatic carbocycles. The number of rotatable bonds is 2. The molecule has 1 aromatic rings. The van der Waals surface area contributed by atoms with E-state index in [1.165, 1.54) is 38.5 Å². The van der Waals surface area contributed by atoms with Crippen LogP contribution in [0.15, 0.2) is 12.4 Å². The lowest BCUT2D eigenvalue weighted by Gasteiger charge is -2.57.